The molecular formula is C66H116N2O16. The highest BCUT2D eigenvalue weighted by atomic mass is 16.5. The first-order chi connectivity index (χ1) is 41.6. The second-order valence-electron chi connectivity index (χ2n) is 21.1. The molecule has 4 N–H and O–H groups in total. The molecule has 0 saturated carbocycles. The normalized spacial score (nSPS) is 11.5. The number of benzene rings is 2. The van der Waals surface area contributed by atoms with Crippen LogP contribution in [0.15, 0.2) is 48.5 Å². The van der Waals surface area contributed by atoms with Gasteiger partial charge in [0.2, 0.25) is 0 Å². The zero-order valence-electron chi connectivity index (χ0n) is 52.1. The number of carbonyl (C=O) groups excluding carboxylic acids is 2. The Morgan fingerprint density at radius 2 is 0.321 bits per heavy atom. The smallest absolute Gasteiger partial charge is 0.338 e. The number of hydrogen-bond acceptors (Lipinski definition) is 18. The Labute approximate surface area is 507 Å². The average Bonchev–Trinajstić information content (AvgIpc) is 3.62. The highest BCUT2D eigenvalue weighted by molar-refractivity contribution is 5.90. The minimum absolute atomic E-state index is 0.320. The lowest BCUT2D eigenvalue weighted by molar-refractivity contribution is 0.0471. The molecule has 0 aromatic heterocycles. The average molecular weight is 1190 g/mol. The van der Waals surface area contributed by atoms with Gasteiger partial charge in [0.15, 0.2) is 0 Å². The number of nitrogen functional groups attached to an aromatic ring is 2. The van der Waals surface area contributed by atoms with Crippen LogP contribution in [0.5, 0.6) is 0 Å². The fourth-order valence-corrected chi connectivity index (χ4v) is 8.06. The van der Waals surface area contributed by atoms with Gasteiger partial charge in [0.25, 0.3) is 0 Å². The van der Waals surface area contributed by atoms with Crippen LogP contribution in [0.25, 0.3) is 0 Å². The van der Waals surface area contributed by atoms with E-state index >= 15 is 0 Å². The number of nitrogens with two attached hydrogens (primary N) is 2. The summed E-state index contributed by atoms with van der Waals surface area (Å²) in [6.07, 6.45) is 25.7. The van der Waals surface area contributed by atoms with E-state index in [-0.39, 0.29) is 11.9 Å². The Kier molecular flexibility index (Phi) is 57.0. The first-order valence-electron chi connectivity index (χ1n) is 32.5. The molecule has 0 spiro atoms. The molecule has 0 aliphatic carbocycles. The van der Waals surface area contributed by atoms with Crippen LogP contribution >= 0.6 is 0 Å². The predicted molar refractivity (Wildman–Crippen MR) is 332 cm³/mol. The summed E-state index contributed by atoms with van der Waals surface area (Å²) < 4.78 is 79.7. The van der Waals surface area contributed by atoms with Crippen molar-refractivity contribution in [3.05, 3.63) is 59.7 Å². The minimum atomic E-state index is -0.320. The fourth-order valence-electron chi connectivity index (χ4n) is 8.06. The summed E-state index contributed by atoms with van der Waals surface area (Å²) in [7, 11) is 0. The van der Waals surface area contributed by atoms with Gasteiger partial charge in [-0.15, -0.1) is 0 Å². The van der Waals surface area contributed by atoms with E-state index in [1.54, 1.807) is 48.5 Å². The van der Waals surface area contributed by atoms with E-state index in [9.17, 15) is 9.59 Å². The molecule has 0 aliphatic heterocycles. The third-order valence-corrected chi connectivity index (χ3v) is 13.2. The van der Waals surface area contributed by atoms with Gasteiger partial charge in [0.05, 0.1) is 24.3 Å². The van der Waals surface area contributed by atoms with Crippen molar-refractivity contribution in [2.45, 2.75) is 167 Å². The van der Waals surface area contributed by atoms with Crippen LogP contribution in [0.2, 0.25) is 0 Å². The first-order valence-corrected chi connectivity index (χ1v) is 32.5. The second-order valence-corrected chi connectivity index (χ2v) is 21.1. The maximum Gasteiger partial charge on any atom is 0.338 e. The van der Waals surface area contributed by atoms with Gasteiger partial charge in [-0.1, -0.05) is 0 Å². The molecule has 0 radical (unpaired) electrons. The molecule has 0 fully saturated rings. The van der Waals surface area contributed by atoms with Gasteiger partial charge >= 0.3 is 11.9 Å². The van der Waals surface area contributed by atoms with E-state index in [1.807, 2.05) is 0 Å². The number of rotatable bonds is 67. The van der Waals surface area contributed by atoms with Gasteiger partial charge in [-0.3, -0.25) is 0 Å². The van der Waals surface area contributed by atoms with Gasteiger partial charge in [-0.05, 0) is 215 Å². The monoisotopic (exact) mass is 1190 g/mol. The van der Waals surface area contributed by atoms with Crippen LogP contribution in [-0.4, -0.2) is 184 Å². The summed E-state index contributed by atoms with van der Waals surface area (Å²) in [5.41, 5.74) is 13.6. The van der Waals surface area contributed by atoms with Gasteiger partial charge in [-0.25, -0.2) is 9.59 Å². The standard InChI is InChI=1S/C66H116N2O16/c67-63-31-27-61(28-32-63)65(69)83-59-25-23-57-81-55-21-19-53-79-51-17-15-49-77-47-13-11-45-75-43-9-7-41-73-39-5-3-37-71-35-1-2-36-72-38-4-6-40-74-42-8-10-44-76-46-12-14-48-78-50-16-18-52-80-54-20-22-56-82-58-24-26-60-84-66(70)62-29-33-64(68)34-30-62/h27-34H,1-26,35-60,67-68H2. The largest absolute Gasteiger partial charge is 0.462 e. The minimum Gasteiger partial charge on any atom is -0.462 e. The van der Waals surface area contributed by atoms with Gasteiger partial charge in [-0.2, -0.15) is 0 Å². The zero-order valence-corrected chi connectivity index (χ0v) is 52.1. The van der Waals surface area contributed by atoms with Crippen LogP contribution in [0, 0.1) is 0 Å². The van der Waals surface area contributed by atoms with E-state index < -0.39 is 0 Å². The Morgan fingerprint density at radius 3 is 0.452 bits per heavy atom. The third kappa shape index (κ3) is 53.9. The molecular weight excluding hydrogens is 1080 g/mol. The van der Waals surface area contributed by atoms with Crippen LogP contribution in [0.4, 0.5) is 11.4 Å². The Hall–Kier alpha value is -3.50. The molecule has 2 aromatic rings. The van der Waals surface area contributed by atoms with Gasteiger partial charge < -0.3 is 77.8 Å². The third-order valence-electron chi connectivity index (χ3n) is 13.2. The van der Waals surface area contributed by atoms with Crippen molar-refractivity contribution in [1.29, 1.82) is 0 Å². The number of esters is 2. The summed E-state index contributed by atoms with van der Waals surface area (Å²) in [5.74, 6) is -0.641. The molecule has 0 heterocycles. The number of hydrogen-bond donors (Lipinski definition) is 2. The van der Waals surface area contributed by atoms with Crippen molar-refractivity contribution in [2.75, 3.05) is 183 Å². The molecule has 0 amide bonds. The van der Waals surface area contributed by atoms with Crippen molar-refractivity contribution >= 4 is 23.3 Å². The molecule has 486 valence electrons. The molecule has 18 heteroatoms. The number of ether oxygens (including phenoxy) is 14. The zero-order chi connectivity index (χ0) is 59.8. The van der Waals surface area contributed by atoms with Crippen molar-refractivity contribution in [3.63, 3.8) is 0 Å². The summed E-state index contributed by atoms with van der Waals surface area (Å²) >= 11 is 0. The van der Waals surface area contributed by atoms with Gasteiger partial charge in [0, 0.05) is 170 Å². The van der Waals surface area contributed by atoms with Crippen molar-refractivity contribution in [2.24, 2.45) is 0 Å². The van der Waals surface area contributed by atoms with E-state index in [4.69, 9.17) is 77.8 Å². The van der Waals surface area contributed by atoms with E-state index in [1.165, 1.54) is 0 Å². The summed E-state index contributed by atoms with van der Waals surface area (Å²) in [6.45, 7) is 19.3. The molecule has 0 aliphatic rings. The summed E-state index contributed by atoms with van der Waals surface area (Å²) in [6, 6.07) is 13.5. The molecule has 0 atom stereocenters. The fraction of sp³-hybridized carbons (Fsp3) is 0.788. The maximum absolute atomic E-state index is 12.0. The molecule has 2 rings (SSSR count). The Bertz CT molecular complexity index is 1560. The quantitative estimate of drug-likeness (QED) is 0.0358. The summed E-state index contributed by atoms with van der Waals surface area (Å²) in [4.78, 5) is 23.9. The molecule has 0 bridgehead atoms. The lowest BCUT2D eigenvalue weighted by atomic mass is 10.2. The Balaban J connectivity index is 1.10. The number of anilines is 2. The molecule has 18 nitrogen and oxygen atoms in total. The van der Waals surface area contributed by atoms with Crippen LogP contribution in [-0.2, 0) is 66.3 Å². The van der Waals surface area contributed by atoms with E-state index in [0.717, 1.165) is 312 Å². The number of carbonyl (C=O) groups is 2. The highest BCUT2D eigenvalue weighted by Crippen LogP contribution is 2.10. The molecule has 0 saturated heterocycles. The number of unbranched alkanes of at least 4 members (excludes halogenated alkanes) is 13. The van der Waals surface area contributed by atoms with E-state index in [0.29, 0.717) is 48.9 Å². The topological polar surface area (TPSA) is 215 Å². The lowest BCUT2D eigenvalue weighted by Crippen LogP contribution is -2.07. The van der Waals surface area contributed by atoms with Crippen molar-refractivity contribution < 1.29 is 75.9 Å². The lowest BCUT2D eigenvalue weighted by Gasteiger charge is -2.08. The highest BCUT2D eigenvalue weighted by Gasteiger charge is 2.08. The van der Waals surface area contributed by atoms with Gasteiger partial charge in [0.1, 0.15) is 0 Å². The Morgan fingerprint density at radius 1 is 0.202 bits per heavy atom. The molecule has 84 heavy (non-hydrogen) atoms. The van der Waals surface area contributed by atoms with Crippen LogP contribution < -0.4 is 11.5 Å². The van der Waals surface area contributed by atoms with Crippen molar-refractivity contribution in [3.8, 4) is 0 Å². The second kappa shape index (κ2) is 62.5. The predicted octanol–water partition coefficient (Wildman–Crippen LogP) is 12.2. The van der Waals surface area contributed by atoms with Crippen LogP contribution in [0.1, 0.15) is 188 Å². The first kappa shape index (κ1) is 76.6. The maximum atomic E-state index is 12.0. The van der Waals surface area contributed by atoms with Crippen molar-refractivity contribution in [1.82, 2.24) is 0 Å². The molecule has 0 unspecified atom stereocenters. The summed E-state index contributed by atoms with van der Waals surface area (Å²) in [5, 5.41) is 0. The van der Waals surface area contributed by atoms with Crippen LogP contribution in [0.3, 0.4) is 0 Å². The molecule has 2 aromatic carbocycles. The SMILES string of the molecule is Nc1ccc(C(=O)OCCCCOCCCCOCCCCOCCCCOCCCCOCCCCOCCCCOCCCCOCCCCOCCCCOCCCCOCCCCOCCCCOC(=O)c2ccc(N)cc2)cc1. The van der Waals surface area contributed by atoms with E-state index in [2.05, 4.69) is 0 Å².